The second kappa shape index (κ2) is 10.5. The molecule has 0 spiro atoms. The van der Waals surface area contributed by atoms with Gasteiger partial charge in [0.25, 0.3) is 5.91 Å². The van der Waals surface area contributed by atoms with Gasteiger partial charge in [0.1, 0.15) is 0 Å². The molecule has 0 atom stereocenters. The highest BCUT2D eigenvalue weighted by molar-refractivity contribution is 5.99. The molecule has 0 N–H and O–H groups in total. The molecule has 2 fully saturated rings. The number of fused-ring (bicyclic) bond motifs is 1. The van der Waals surface area contributed by atoms with E-state index < -0.39 is 0 Å². The van der Waals surface area contributed by atoms with Gasteiger partial charge in [0.15, 0.2) is 0 Å². The standard InChI is InChI=1S/C32H37N3O/c36-32-30-22-29(17-16-27(30)23-35(32)28-14-8-3-9-15-28)34-20-18-33(19-21-34)24-31(25-10-4-1-5-11-25)26-12-6-2-7-13-26/h1-2,4-7,10-13,16-17,22,28,31H,3,8-9,14-15,18-21,23-24H2. The molecular formula is C32H37N3O. The van der Waals surface area contributed by atoms with E-state index in [0.717, 1.165) is 44.8 Å². The van der Waals surface area contributed by atoms with E-state index in [1.54, 1.807) is 0 Å². The molecule has 1 saturated heterocycles. The summed E-state index contributed by atoms with van der Waals surface area (Å²) >= 11 is 0. The highest BCUT2D eigenvalue weighted by atomic mass is 16.2. The van der Waals surface area contributed by atoms with Gasteiger partial charge in [-0.1, -0.05) is 86.0 Å². The molecular weight excluding hydrogens is 442 g/mol. The molecule has 36 heavy (non-hydrogen) atoms. The summed E-state index contributed by atoms with van der Waals surface area (Å²) in [6, 6.07) is 28.9. The Morgan fingerprint density at radius 1 is 0.750 bits per heavy atom. The van der Waals surface area contributed by atoms with Crippen LogP contribution in [0.1, 0.15) is 65.1 Å². The molecule has 3 aliphatic rings. The number of benzene rings is 3. The van der Waals surface area contributed by atoms with Crippen LogP contribution in [0.2, 0.25) is 0 Å². The van der Waals surface area contributed by atoms with Crippen molar-refractivity contribution >= 4 is 11.6 Å². The van der Waals surface area contributed by atoms with Crippen LogP contribution in [-0.2, 0) is 6.54 Å². The number of hydrogen-bond donors (Lipinski definition) is 0. The van der Waals surface area contributed by atoms with Crippen molar-refractivity contribution in [2.45, 2.75) is 50.6 Å². The predicted octanol–water partition coefficient (Wildman–Crippen LogP) is 5.93. The van der Waals surface area contributed by atoms with Gasteiger partial charge in [0.2, 0.25) is 0 Å². The summed E-state index contributed by atoms with van der Waals surface area (Å²) < 4.78 is 0. The van der Waals surface area contributed by atoms with Crippen molar-refractivity contribution in [3.05, 3.63) is 101 Å². The average molecular weight is 480 g/mol. The summed E-state index contributed by atoms with van der Waals surface area (Å²) in [5, 5.41) is 0. The lowest BCUT2D eigenvalue weighted by Gasteiger charge is -2.38. The summed E-state index contributed by atoms with van der Waals surface area (Å²) in [4.78, 5) is 20.5. The van der Waals surface area contributed by atoms with Crippen molar-refractivity contribution < 1.29 is 4.79 Å². The minimum absolute atomic E-state index is 0.256. The second-order valence-corrected chi connectivity index (χ2v) is 10.7. The SMILES string of the molecule is O=C1c2cc(N3CCN(CC(c4ccccc4)c4ccccc4)CC3)ccc2CN1C1CCCCC1. The molecule has 4 nitrogen and oxygen atoms in total. The fourth-order valence-corrected chi connectivity index (χ4v) is 6.42. The fourth-order valence-electron chi connectivity index (χ4n) is 6.42. The molecule has 6 rings (SSSR count). The van der Waals surface area contributed by atoms with Gasteiger partial charge >= 0.3 is 0 Å². The molecule has 1 amide bonds. The molecule has 0 unspecified atom stereocenters. The molecule has 4 heteroatoms. The van der Waals surface area contributed by atoms with E-state index in [0.29, 0.717) is 12.0 Å². The number of amides is 1. The summed E-state index contributed by atoms with van der Waals surface area (Å²) in [6.45, 7) is 5.89. The number of carbonyl (C=O) groups is 1. The van der Waals surface area contributed by atoms with E-state index in [4.69, 9.17) is 0 Å². The summed E-state index contributed by atoms with van der Waals surface area (Å²) in [6.07, 6.45) is 6.17. The van der Waals surface area contributed by atoms with Crippen molar-refractivity contribution in [3.63, 3.8) is 0 Å². The van der Waals surface area contributed by atoms with E-state index in [1.165, 1.54) is 54.5 Å². The molecule has 2 aliphatic heterocycles. The third-order valence-electron chi connectivity index (χ3n) is 8.52. The number of nitrogens with zero attached hydrogens (tertiary/aromatic N) is 3. The first kappa shape index (κ1) is 23.3. The van der Waals surface area contributed by atoms with Gasteiger partial charge in [-0.25, -0.2) is 0 Å². The second-order valence-electron chi connectivity index (χ2n) is 10.7. The van der Waals surface area contributed by atoms with Gasteiger partial charge < -0.3 is 9.80 Å². The Morgan fingerprint density at radius 2 is 1.39 bits per heavy atom. The molecule has 2 heterocycles. The smallest absolute Gasteiger partial charge is 0.254 e. The Hall–Kier alpha value is -3.11. The van der Waals surface area contributed by atoms with Crippen molar-refractivity contribution in [1.82, 2.24) is 9.80 Å². The molecule has 3 aromatic carbocycles. The van der Waals surface area contributed by atoms with E-state index in [-0.39, 0.29) is 5.91 Å². The van der Waals surface area contributed by atoms with Gasteiger partial charge in [-0.15, -0.1) is 0 Å². The van der Waals surface area contributed by atoms with Crippen LogP contribution in [0.5, 0.6) is 0 Å². The highest BCUT2D eigenvalue weighted by Gasteiger charge is 2.34. The Kier molecular flexibility index (Phi) is 6.78. The zero-order valence-electron chi connectivity index (χ0n) is 21.2. The monoisotopic (exact) mass is 479 g/mol. The fraction of sp³-hybridized carbons (Fsp3) is 0.406. The molecule has 3 aromatic rings. The molecule has 0 radical (unpaired) electrons. The zero-order valence-corrected chi connectivity index (χ0v) is 21.2. The Bertz CT molecular complexity index is 1130. The number of piperazine rings is 1. The maximum atomic E-state index is 13.3. The van der Waals surface area contributed by atoms with Crippen molar-refractivity contribution in [2.75, 3.05) is 37.6 Å². The van der Waals surface area contributed by atoms with Crippen molar-refractivity contribution in [3.8, 4) is 0 Å². The number of carbonyl (C=O) groups excluding carboxylic acids is 1. The normalized spacial score (nSPS) is 19.2. The van der Waals surface area contributed by atoms with Crippen LogP contribution in [-0.4, -0.2) is 54.5 Å². The van der Waals surface area contributed by atoms with Crippen LogP contribution in [0.4, 0.5) is 5.69 Å². The minimum atomic E-state index is 0.256. The lowest BCUT2D eigenvalue weighted by molar-refractivity contribution is 0.0660. The quantitative estimate of drug-likeness (QED) is 0.438. The first-order valence-corrected chi connectivity index (χ1v) is 13.8. The summed E-state index contributed by atoms with van der Waals surface area (Å²) in [5.41, 5.74) is 6.11. The van der Waals surface area contributed by atoms with E-state index in [2.05, 4.69) is 93.6 Å². The van der Waals surface area contributed by atoms with E-state index in [9.17, 15) is 4.79 Å². The number of rotatable bonds is 6. The Balaban J connectivity index is 1.11. The summed E-state index contributed by atoms with van der Waals surface area (Å²) in [5.74, 6) is 0.633. The minimum Gasteiger partial charge on any atom is -0.369 e. The lowest BCUT2D eigenvalue weighted by atomic mass is 9.90. The third-order valence-corrected chi connectivity index (χ3v) is 8.52. The number of anilines is 1. The van der Waals surface area contributed by atoms with Crippen LogP contribution in [0.25, 0.3) is 0 Å². The maximum Gasteiger partial charge on any atom is 0.254 e. The highest BCUT2D eigenvalue weighted by Crippen LogP contribution is 2.33. The van der Waals surface area contributed by atoms with Crippen LogP contribution in [0, 0.1) is 0 Å². The number of hydrogen-bond acceptors (Lipinski definition) is 3. The third kappa shape index (κ3) is 4.79. The Labute approximate surface area is 215 Å². The van der Waals surface area contributed by atoms with Crippen molar-refractivity contribution in [2.24, 2.45) is 0 Å². The van der Waals surface area contributed by atoms with Gasteiger partial charge in [0.05, 0.1) is 0 Å². The topological polar surface area (TPSA) is 26.8 Å². The van der Waals surface area contributed by atoms with E-state index >= 15 is 0 Å². The van der Waals surface area contributed by atoms with Crippen molar-refractivity contribution in [1.29, 1.82) is 0 Å². The average Bonchev–Trinajstić information content (AvgIpc) is 3.29. The zero-order chi connectivity index (χ0) is 24.3. The van der Waals surface area contributed by atoms with Gasteiger partial charge in [0, 0.05) is 62.5 Å². The molecule has 1 aliphatic carbocycles. The molecule has 186 valence electrons. The van der Waals surface area contributed by atoms with Crippen LogP contribution in [0.3, 0.4) is 0 Å². The van der Waals surface area contributed by atoms with Crippen LogP contribution in [0.15, 0.2) is 78.9 Å². The first-order chi connectivity index (χ1) is 17.8. The Morgan fingerprint density at radius 3 is 2.03 bits per heavy atom. The largest absolute Gasteiger partial charge is 0.369 e. The lowest BCUT2D eigenvalue weighted by Crippen LogP contribution is -2.47. The molecule has 1 saturated carbocycles. The van der Waals surface area contributed by atoms with E-state index in [1.807, 2.05) is 0 Å². The summed E-state index contributed by atoms with van der Waals surface area (Å²) in [7, 11) is 0. The van der Waals surface area contributed by atoms with Crippen LogP contribution < -0.4 is 4.90 Å². The predicted molar refractivity (Wildman–Crippen MR) is 147 cm³/mol. The van der Waals surface area contributed by atoms with Crippen LogP contribution >= 0.6 is 0 Å². The van der Waals surface area contributed by atoms with Gasteiger partial charge in [-0.2, -0.15) is 0 Å². The van der Waals surface area contributed by atoms with Gasteiger partial charge in [-0.05, 0) is 41.7 Å². The first-order valence-electron chi connectivity index (χ1n) is 13.8. The van der Waals surface area contributed by atoms with Gasteiger partial charge in [-0.3, -0.25) is 9.69 Å². The molecule has 0 aromatic heterocycles. The maximum absolute atomic E-state index is 13.3. The molecule has 0 bridgehead atoms.